The minimum Gasteiger partial charge on any atom is -0.748 e. The monoisotopic (exact) mass is 395 g/mol. The number of hydrogen-bond donors (Lipinski definition) is 1. The summed E-state index contributed by atoms with van der Waals surface area (Å²) in [5.41, 5.74) is 0. The van der Waals surface area contributed by atoms with Crippen molar-refractivity contribution in [2.75, 3.05) is 38.7 Å². The number of alkyl carbamates (subject to hydrolysis) is 1. The molecular formula is C12H26NNaO8SSi. The summed E-state index contributed by atoms with van der Waals surface area (Å²) >= 11 is 0. The maximum atomic E-state index is 11.3. The quantitative estimate of drug-likeness (QED) is 0.210. The Balaban J connectivity index is 0. The maximum Gasteiger partial charge on any atom is 1.00 e. The van der Waals surface area contributed by atoms with Gasteiger partial charge in [0.1, 0.15) is 6.61 Å². The van der Waals surface area contributed by atoms with Crippen LogP contribution in [0.15, 0.2) is 0 Å². The van der Waals surface area contributed by atoms with E-state index in [1.807, 2.05) is 20.8 Å². The summed E-state index contributed by atoms with van der Waals surface area (Å²) in [6, 6.07) is 0.539. The van der Waals surface area contributed by atoms with Crippen molar-refractivity contribution in [1.82, 2.24) is 5.32 Å². The smallest absolute Gasteiger partial charge is 0.748 e. The molecule has 0 radical (unpaired) electrons. The summed E-state index contributed by atoms with van der Waals surface area (Å²) in [5, 5.41) is 2.47. The van der Waals surface area contributed by atoms with Gasteiger partial charge in [-0.2, -0.15) is 0 Å². The van der Waals surface area contributed by atoms with Crippen LogP contribution in [0.4, 0.5) is 4.79 Å². The van der Waals surface area contributed by atoms with E-state index in [-0.39, 0.29) is 29.6 Å². The van der Waals surface area contributed by atoms with E-state index in [2.05, 4.69) is 10.1 Å². The molecule has 0 saturated carbocycles. The van der Waals surface area contributed by atoms with Gasteiger partial charge in [0.05, 0.1) is 15.9 Å². The Morgan fingerprint density at radius 1 is 1.08 bits per heavy atom. The third-order valence-corrected chi connectivity index (χ3v) is 6.41. The molecule has 0 fully saturated rings. The van der Waals surface area contributed by atoms with Crippen molar-refractivity contribution in [3.8, 4) is 0 Å². The molecule has 0 aromatic carbocycles. The standard InChI is InChI=1S/C12H27NO8SSi.Na/c1-4-19-23(20-5-2,21-6-3)11-7-8-13-12(14)18-9-10-22(15,16)17;/h4-11H2,1-3H3,(H,13,14)(H,15,16,17);/q;+1/p-1. The van der Waals surface area contributed by atoms with E-state index >= 15 is 0 Å². The SMILES string of the molecule is CCO[Si](CCCNC(=O)OCCS(=O)(=O)[O-])(OCC)OCC.[Na+]. The van der Waals surface area contributed by atoms with Crippen LogP contribution in [0.5, 0.6) is 0 Å². The molecule has 1 N–H and O–H groups in total. The Bertz CT molecular complexity index is 420. The molecule has 0 spiro atoms. The number of rotatable bonds is 13. The van der Waals surface area contributed by atoms with Crippen molar-refractivity contribution in [3.05, 3.63) is 0 Å². The first-order valence-corrected chi connectivity index (χ1v) is 11.1. The average molecular weight is 395 g/mol. The van der Waals surface area contributed by atoms with E-state index in [9.17, 15) is 17.8 Å². The van der Waals surface area contributed by atoms with Crippen LogP contribution in [0.3, 0.4) is 0 Å². The first-order chi connectivity index (χ1) is 10.8. The van der Waals surface area contributed by atoms with Crippen LogP contribution in [0, 0.1) is 0 Å². The van der Waals surface area contributed by atoms with Gasteiger partial charge in [-0.05, 0) is 27.2 Å². The van der Waals surface area contributed by atoms with E-state index in [1.54, 1.807) is 0 Å². The zero-order chi connectivity index (χ0) is 17.8. The minimum atomic E-state index is -4.38. The first kappa shape index (κ1) is 26.5. The fourth-order valence-corrected chi connectivity index (χ4v) is 4.68. The molecule has 0 bridgehead atoms. The summed E-state index contributed by atoms with van der Waals surface area (Å²) in [6.07, 6.45) is -0.216. The summed E-state index contributed by atoms with van der Waals surface area (Å²) in [5.74, 6) is -0.741. The van der Waals surface area contributed by atoms with Crippen LogP contribution < -0.4 is 34.9 Å². The van der Waals surface area contributed by atoms with E-state index in [4.69, 9.17) is 13.3 Å². The number of carbonyl (C=O) groups is 1. The molecule has 1 amide bonds. The van der Waals surface area contributed by atoms with Crippen molar-refractivity contribution in [2.45, 2.75) is 33.2 Å². The molecule has 0 saturated heterocycles. The van der Waals surface area contributed by atoms with Gasteiger partial charge < -0.3 is 27.9 Å². The molecular weight excluding hydrogens is 369 g/mol. The van der Waals surface area contributed by atoms with Crippen LogP contribution in [0.1, 0.15) is 27.2 Å². The second-order valence-electron chi connectivity index (χ2n) is 4.41. The zero-order valence-corrected chi connectivity index (χ0v) is 18.6. The molecule has 138 valence electrons. The second-order valence-corrected chi connectivity index (χ2v) is 8.67. The van der Waals surface area contributed by atoms with Crippen molar-refractivity contribution in [2.24, 2.45) is 0 Å². The molecule has 0 atom stereocenters. The van der Waals surface area contributed by atoms with E-state index < -0.39 is 37.4 Å². The molecule has 0 aliphatic heterocycles. The summed E-state index contributed by atoms with van der Waals surface area (Å²) < 4.78 is 52.7. The average Bonchev–Trinajstić information content (AvgIpc) is 2.43. The van der Waals surface area contributed by atoms with Gasteiger partial charge in [-0.15, -0.1) is 0 Å². The van der Waals surface area contributed by atoms with Gasteiger partial charge in [0, 0.05) is 32.4 Å². The third kappa shape index (κ3) is 13.6. The van der Waals surface area contributed by atoms with E-state index in [0.29, 0.717) is 38.8 Å². The van der Waals surface area contributed by atoms with Crippen LogP contribution in [0.25, 0.3) is 0 Å². The molecule has 0 aliphatic rings. The molecule has 0 aromatic heterocycles. The Morgan fingerprint density at radius 3 is 2.00 bits per heavy atom. The molecule has 0 rings (SSSR count). The van der Waals surface area contributed by atoms with Gasteiger partial charge >= 0.3 is 44.5 Å². The molecule has 0 aliphatic carbocycles. The van der Waals surface area contributed by atoms with Crippen LogP contribution in [0.2, 0.25) is 6.04 Å². The predicted molar refractivity (Wildman–Crippen MR) is 84.0 cm³/mol. The summed E-state index contributed by atoms with van der Waals surface area (Å²) in [4.78, 5) is 11.3. The van der Waals surface area contributed by atoms with Gasteiger partial charge in [0.15, 0.2) is 0 Å². The normalized spacial score (nSPS) is 11.7. The molecule has 0 aromatic rings. The second kappa shape index (κ2) is 14.4. The number of carbonyl (C=O) groups excluding carboxylic acids is 1. The van der Waals surface area contributed by atoms with Crippen LogP contribution >= 0.6 is 0 Å². The molecule has 0 heterocycles. The van der Waals surface area contributed by atoms with E-state index in [0.717, 1.165) is 0 Å². The number of hydrogen-bond acceptors (Lipinski definition) is 8. The van der Waals surface area contributed by atoms with Crippen molar-refractivity contribution in [1.29, 1.82) is 0 Å². The fourth-order valence-electron chi connectivity index (χ4n) is 1.78. The minimum absolute atomic E-state index is 0. The summed E-state index contributed by atoms with van der Waals surface area (Å²) in [6.45, 7) is 6.85. The van der Waals surface area contributed by atoms with Gasteiger partial charge in [-0.3, -0.25) is 0 Å². The predicted octanol–water partition coefficient (Wildman–Crippen LogP) is -2.30. The van der Waals surface area contributed by atoms with Crippen molar-refractivity contribution >= 4 is 25.0 Å². The molecule has 9 nitrogen and oxygen atoms in total. The van der Waals surface area contributed by atoms with Crippen LogP contribution in [-0.2, 0) is 28.1 Å². The van der Waals surface area contributed by atoms with Crippen molar-refractivity contribution < 1.29 is 65.3 Å². The number of nitrogens with one attached hydrogen (secondary N) is 1. The Labute approximate surface area is 167 Å². The zero-order valence-electron chi connectivity index (χ0n) is 14.8. The van der Waals surface area contributed by atoms with E-state index in [1.165, 1.54) is 0 Å². The Hall–Kier alpha value is 0.277. The Kier molecular flexibility index (Phi) is 16.0. The largest absolute Gasteiger partial charge is 1.00 e. The summed E-state index contributed by atoms with van der Waals surface area (Å²) in [7, 11) is -7.11. The van der Waals surface area contributed by atoms with Gasteiger partial charge in [-0.25, -0.2) is 13.2 Å². The molecule has 12 heteroatoms. The van der Waals surface area contributed by atoms with Crippen LogP contribution in [-0.4, -0.2) is 66.6 Å². The van der Waals surface area contributed by atoms with Gasteiger partial charge in [-0.1, -0.05) is 0 Å². The molecule has 0 unspecified atom stereocenters. The Morgan fingerprint density at radius 2 is 1.58 bits per heavy atom. The molecule has 24 heavy (non-hydrogen) atoms. The fraction of sp³-hybridized carbons (Fsp3) is 0.917. The first-order valence-electron chi connectivity index (χ1n) is 7.54. The number of amides is 1. The third-order valence-electron chi connectivity index (χ3n) is 2.59. The maximum absolute atomic E-state index is 11.3. The van der Waals surface area contributed by atoms with Gasteiger partial charge in [0.2, 0.25) is 0 Å². The van der Waals surface area contributed by atoms with Crippen molar-refractivity contribution in [3.63, 3.8) is 0 Å². The number of ether oxygens (including phenoxy) is 1. The van der Waals surface area contributed by atoms with Gasteiger partial charge in [0.25, 0.3) is 0 Å². The topological polar surface area (TPSA) is 123 Å².